The average Bonchev–Trinajstić information content (AvgIpc) is 3.40. The maximum atomic E-state index is 13.1. The van der Waals surface area contributed by atoms with E-state index in [2.05, 4.69) is 45.0 Å². The Balaban J connectivity index is 1.48. The third-order valence-corrected chi connectivity index (χ3v) is 8.27. The predicted octanol–water partition coefficient (Wildman–Crippen LogP) is 7.41. The third-order valence-electron chi connectivity index (χ3n) is 7.38. The number of nitrogens with zero attached hydrogens (tertiary/aromatic N) is 3. The van der Waals surface area contributed by atoms with E-state index in [1.165, 1.54) is 0 Å². The summed E-state index contributed by atoms with van der Waals surface area (Å²) in [5, 5.41) is 8.31. The number of hydrogen-bond donors (Lipinski definition) is 2. The van der Waals surface area contributed by atoms with Crippen molar-refractivity contribution in [1.29, 1.82) is 0 Å². The first kappa shape index (κ1) is 28.1. The largest absolute Gasteiger partial charge is 0.352 e. The first-order chi connectivity index (χ1) is 19.1. The molecule has 0 radical (unpaired) electrons. The van der Waals surface area contributed by atoms with Gasteiger partial charge in [0.2, 0.25) is 5.91 Å². The number of pyridine rings is 1. The summed E-state index contributed by atoms with van der Waals surface area (Å²) in [6.45, 7) is 8.58. The Kier molecular flexibility index (Phi) is 8.17. The first-order valence-electron chi connectivity index (χ1n) is 13.1. The summed E-state index contributed by atoms with van der Waals surface area (Å²) in [4.78, 5) is 19.8. The van der Waals surface area contributed by atoms with Crippen molar-refractivity contribution in [3.05, 3.63) is 111 Å². The van der Waals surface area contributed by atoms with Crippen molar-refractivity contribution in [1.82, 2.24) is 19.8 Å². The van der Waals surface area contributed by atoms with E-state index in [1.54, 1.807) is 12.3 Å². The zero-order chi connectivity index (χ0) is 28.6. The molecule has 1 aliphatic heterocycles. The van der Waals surface area contributed by atoms with Crippen LogP contribution in [0.5, 0.6) is 0 Å². The molecule has 3 heterocycles. The predicted molar refractivity (Wildman–Crippen MR) is 167 cm³/mol. The van der Waals surface area contributed by atoms with Crippen molar-refractivity contribution in [2.75, 3.05) is 11.9 Å². The van der Waals surface area contributed by atoms with E-state index >= 15 is 0 Å². The van der Waals surface area contributed by atoms with Crippen LogP contribution in [0.3, 0.4) is 0 Å². The summed E-state index contributed by atoms with van der Waals surface area (Å²) in [5.41, 5.74) is 7.84. The minimum atomic E-state index is -0.189. The van der Waals surface area contributed by atoms with Gasteiger partial charge >= 0.3 is 0 Å². The number of halogens is 2. The van der Waals surface area contributed by atoms with Crippen molar-refractivity contribution in [3.63, 3.8) is 0 Å². The number of nitrogens with one attached hydrogen (secondary N) is 2. The number of anilines is 1. The smallest absolute Gasteiger partial charge is 0.226 e. The molecule has 4 aromatic rings. The number of thiocarbonyl (C=S) groups is 1. The van der Waals surface area contributed by atoms with Crippen LogP contribution < -0.4 is 10.6 Å². The molecule has 0 spiro atoms. The van der Waals surface area contributed by atoms with Crippen LogP contribution in [0.2, 0.25) is 10.0 Å². The Bertz CT molecular complexity index is 1590. The number of aryl methyl sites for hydroxylation is 3. The minimum Gasteiger partial charge on any atom is -0.352 e. The van der Waals surface area contributed by atoms with E-state index in [-0.39, 0.29) is 24.4 Å². The van der Waals surface area contributed by atoms with Crippen molar-refractivity contribution < 1.29 is 4.79 Å². The summed E-state index contributed by atoms with van der Waals surface area (Å²) in [6, 6.07) is 19.2. The molecule has 206 valence electrons. The third kappa shape index (κ3) is 5.59. The molecule has 0 unspecified atom stereocenters. The Hall–Kier alpha value is -3.39. The van der Waals surface area contributed by atoms with Gasteiger partial charge in [-0.15, -0.1) is 0 Å². The van der Waals surface area contributed by atoms with Gasteiger partial charge in [-0.05, 0) is 99.1 Å². The molecule has 1 saturated heterocycles. The number of rotatable bonds is 7. The van der Waals surface area contributed by atoms with Crippen LogP contribution in [0.15, 0.2) is 66.9 Å². The number of carbonyl (C=O) groups excluding carboxylic acids is 1. The highest BCUT2D eigenvalue weighted by Crippen LogP contribution is 2.42. The van der Waals surface area contributed by atoms with Crippen LogP contribution in [-0.2, 0) is 4.79 Å². The van der Waals surface area contributed by atoms with Gasteiger partial charge in [-0.1, -0.05) is 41.4 Å². The van der Waals surface area contributed by atoms with Crippen LogP contribution in [0, 0.1) is 27.7 Å². The summed E-state index contributed by atoms with van der Waals surface area (Å²) in [5.74, 6) is -0.0602. The number of carbonyl (C=O) groups is 1. The standard InChI is InChI=1S/C31H31Cl2N5OS/c1-18-8-9-19(2)26(15-18)35-28(39)12-14-37-30(29(36-31(37)40)25-7-5-6-13-34-25)23-16-20(3)38(21(23)4)27-11-10-22(32)17-24(27)33/h5-11,13,15-17,29-30H,12,14H2,1-4H3,(H,35,39)(H,36,40)/t29-,30-/m1/s1. The summed E-state index contributed by atoms with van der Waals surface area (Å²) in [7, 11) is 0. The van der Waals surface area contributed by atoms with E-state index < -0.39 is 0 Å². The van der Waals surface area contributed by atoms with Crippen LogP contribution in [0.1, 0.15) is 52.3 Å². The minimum absolute atomic E-state index is 0.0602. The zero-order valence-electron chi connectivity index (χ0n) is 22.8. The molecule has 6 nitrogen and oxygen atoms in total. The molecule has 0 bridgehead atoms. The highest BCUT2D eigenvalue weighted by Gasteiger charge is 2.41. The van der Waals surface area contributed by atoms with Gasteiger partial charge < -0.3 is 20.1 Å². The fourth-order valence-corrected chi connectivity index (χ4v) is 6.24. The molecular formula is C31H31Cl2N5OS. The molecule has 1 aliphatic rings. The van der Waals surface area contributed by atoms with Gasteiger partial charge in [-0.25, -0.2) is 0 Å². The van der Waals surface area contributed by atoms with Crippen LogP contribution in [0.4, 0.5) is 5.69 Å². The molecule has 2 N–H and O–H groups in total. The second kappa shape index (κ2) is 11.6. The quantitative estimate of drug-likeness (QED) is 0.219. The molecule has 2 aromatic carbocycles. The summed E-state index contributed by atoms with van der Waals surface area (Å²) < 4.78 is 2.14. The highest BCUT2D eigenvalue weighted by molar-refractivity contribution is 7.80. The Labute approximate surface area is 250 Å². The lowest BCUT2D eigenvalue weighted by atomic mass is 9.96. The monoisotopic (exact) mass is 591 g/mol. The van der Waals surface area contributed by atoms with Crippen LogP contribution >= 0.6 is 35.4 Å². The van der Waals surface area contributed by atoms with Gasteiger partial charge in [0.25, 0.3) is 0 Å². The fraction of sp³-hybridized carbons (Fsp3) is 0.258. The summed E-state index contributed by atoms with van der Waals surface area (Å²) >= 11 is 18.6. The SMILES string of the molecule is Cc1ccc(C)c(NC(=O)CCN2C(=S)N[C@H](c3ccccn3)[C@H]2c2cc(C)n(-c3ccc(Cl)cc3Cl)c2C)c1. The Morgan fingerprint density at radius 2 is 1.85 bits per heavy atom. The summed E-state index contributed by atoms with van der Waals surface area (Å²) in [6.07, 6.45) is 2.07. The first-order valence-corrected chi connectivity index (χ1v) is 14.3. The number of aromatic nitrogens is 2. The van der Waals surface area contributed by atoms with E-state index in [9.17, 15) is 4.79 Å². The van der Waals surface area contributed by atoms with E-state index in [4.69, 9.17) is 35.4 Å². The average molecular weight is 593 g/mol. The molecule has 1 fully saturated rings. The Morgan fingerprint density at radius 1 is 1.05 bits per heavy atom. The van der Waals surface area contributed by atoms with Crippen molar-refractivity contribution in [3.8, 4) is 5.69 Å². The lowest BCUT2D eigenvalue weighted by Gasteiger charge is -2.28. The van der Waals surface area contributed by atoms with E-state index in [0.29, 0.717) is 21.7 Å². The van der Waals surface area contributed by atoms with Crippen molar-refractivity contribution in [2.45, 2.75) is 46.2 Å². The van der Waals surface area contributed by atoms with Crippen LogP contribution in [-0.4, -0.2) is 32.0 Å². The molecule has 1 amide bonds. The van der Waals surface area contributed by atoms with Crippen molar-refractivity contribution in [2.24, 2.45) is 0 Å². The maximum Gasteiger partial charge on any atom is 0.226 e. The molecule has 2 atom stereocenters. The molecule has 9 heteroatoms. The molecule has 40 heavy (non-hydrogen) atoms. The highest BCUT2D eigenvalue weighted by atomic mass is 35.5. The van der Waals surface area contributed by atoms with Crippen molar-refractivity contribution >= 4 is 52.1 Å². The number of amides is 1. The van der Waals surface area contributed by atoms with Gasteiger partial charge in [0.1, 0.15) is 0 Å². The van der Waals surface area contributed by atoms with Gasteiger partial charge in [-0.2, -0.15) is 0 Å². The molecule has 5 rings (SSSR count). The lowest BCUT2D eigenvalue weighted by molar-refractivity contribution is -0.116. The number of benzene rings is 2. The fourth-order valence-electron chi connectivity index (χ4n) is 5.41. The van der Waals surface area contributed by atoms with E-state index in [1.807, 2.05) is 62.4 Å². The van der Waals surface area contributed by atoms with Gasteiger partial charge in [0, 0.05) is 41.3 Å². The second-order valence-corrected chi connectivity index (χ2v) is 11.4. The lowest BCUT2D eigenvalue weighted by Crippen LogP contribution is -2.33. The molecular weight excluding hydrogens is 561 g/mol. The topological polar surface area (TPSA) is 62.2 Å². The molecule has 0 saturated carbocycles. The van der Waals surface area contributed by atoms with E-state index in [0.717, 1.165) is 45.1 Å². The normalized spacial score (nSPS) is 16.8. The second-order valence-electron chi connectivity index (χ2n) is 10.2. The van der Waals surface area contributed by atoms with Gasteiger partial charge in [-0.3, -0.25) is 9.78 Å². The maximum absolute atomic E-state index is 13.1. The molecule has 2 aromatic heterocycles. The zero-order valence-corrected chi connectivity index (χ0v) is 25.2. The van der Waals surface area contributed by atoms with Gasteiger partial charge in [0.15, 0.2) is 5.11 Å². The number of hydrogen-bond acceptors (Lipinski definition) is 3. The van der Waals surface area contributed by atoms with Crippen LogP contribution in [0.25, 0.3) is 5.69 Å². The molecule has 0 aliphatic carbocycles. The van der Waals surface area contributed by atoms with Gasteiger partial charge in [0.05, 0.1) is 28.5 Å². The Morgan fingerprint density at radius 3 is 2.58 bits per heavy atom.